The standard InChI is InChI=1S/C25H29N3O2S/c1-20-5-4-17-28(20)18-15-21-7-9-22(10-8-21)23-11-13-25(14-12-23)31(29,30)27-19-24-6-2-3-16-26-24/h2-3,6-14,16,20,27H,4-5,15,17-19H2,1H3/t20-/m1/s1. The first-order valence-electron chi connectivity index (χ1n) is 10.8. The number of benzene rings is 2. The SMILES string of the molecule is C[C@@H]1CCCN1CCc1ccc(-c2ccc(S(=O)(=O)NCc3ccccn3)cc2)cc1. The second-order valence-corrected chi connectivity index (χ2v) is 9.91. The van der Waals surface area contributed by atoms with E-state index in [2.05, 4.69) is 45.8 Å². The van der Waals surface area contributed by atoms with E-state index in [9.17, 15) is 8.42 Å². The summed E-state index contributed by atoms with van der Waals surface area (Å²) < 4.78 is 27.7. The van der Waals surface area contributed by atoms with Gasteiger partial charge < -0.3 is 4.90 Å². The monoisotopic (exact) mass is 435 g/mol. The number of likely N-dealkylation sites (tertiary alicyclic amines) is 1. The fourth-order valence-corrected chi connectivity index (χ4v) is 5.04. The molecule has 6 heteroatoms. The third-order valence-electron chi connectivity index (χ3n) is 6.00. The lowest BCUT2D eigenvalue weighted by Gasteiger charge is -2.20. The van der Waals surface area contributed by atoms with Gasteiger partial charge >= 0.3 is 0 Å². The molecule has 0 saturated carbocycles. The van der Waals surface area contributed by atoms with Gasteiger partial charge in [-0.1, -0.05) is 42.5 Å². The number of aromatic nitrogens is 1. The number of nitrogens with zero attached hydrogens (tertiary/aromatic N) is 2. The molecule has 2 aromatic carbocycles. The van der Waals surface area contributed by atoms with Crippen molar-refractivity contribution in [2.75, 3.05) is 13.1 Å². The lowest BCUT2D eigenvalue weighted by Crippen LogP contribution is -2.28. The van der Waals surface area contributed by atoms with Crippen LogP contribution < -0.4 is 4.72 Å². The molecule has 0 spiro atoms. The molecule has 0 unspecified atom stereocenters. The van der Waals surface area contributed by atoms with E-state index in [1.54, 1.807) is 30.5 Å². The van der Waals surface area contributed by atoms with Crippen molar-refractivity contribution in [3.63, 3.8) is 0 Å². The lowest BCUT2D eigenvalue weighted by atomic mass is 10.0. The van der Waals surface area contributed by atoms with E-state index in [1.807, 2.05) is 18.2 Å². The largest absolute Gasteiger partial charge is 0.300 e. The van der Waals surface area contributed by atoms with Crippen LogP contribution in [0.25, 0.3) is 11.1 Å². The molecule has 0 aliphatic carbocycles. The van der Waals surface area contributed by atoms with Crippen LogP contribution in [-0.4, -0.2) is 37.4 Å². The van der Waals surface area contributed by atoms with Crippen molar-refractivity contribution in [1.29, 1.82) is 0 Å². The third-order valence-corrected chi connectivity index (χ3v) is 7.42. The molecule has 1 aromatic heterocycles. The van der Waals surface area contributed by atoms with E-state index < -0.39 is 10.0 Å². The van der Waals surface area contributed by atoms with Crippen molar-refractivity contribution >= 4 is 10.0 Å². The maximum Gasteiger partial charge on any atom is 0.240 e. The Labute approximate surface area is 185 Å². The smallest absolute Gasteiger partial charge is 0.240 e. The fraction of sp³-hybridized carbons (Fsp3) is 0.320. The zero-order valence-corrected chi connectivity index (χ0v) is 18.7. The number of hydrogen-bond donors (Lipinski definition) is 1. The predicted molar refractivity (Wildman–Crippen MR) is 124 cm³/mol. The highest BCUT2D eigenvalue weighted by Crippen LogP contribution is 2.23. The van der Waals surface area contributed by atoms with Crippen LogP contribution in [0, 0.1) is 0 Å². The number of pyridine rings is 1. The molecule has 2 heterocycles. The van der Waals surface area contributed by atoms with Gasteiger partial charge in [0.15, 0.2) is 0 Å². The first kappa shape index (κ1) is 21.7. The third kappa shape index (κ3) is 5.58. The van der Waals surface area contributed by atoms with Crippen LogP contribution in [0.3, 0.4) is 0 Å². The van der Waals surface area contributed by atoms with E-state index in [0.717, 1.165) is 24.1 Å². The van der Waals surface area contributed by atoms with Crippen molar-refractivity contribution in [2.24, 2.45) is 0 Å². The molecule has 1 atom stereocenters. The summed E-state index contributed by atoms with van der Waals surface area (Å²) >= 11 is 0. The number of sulfonamides is 1. The minimum atomic E-state index is -3.58. The minimum absolute atomic E-state index is 0.169. The van der Waals surface area contributed by atoms with Crippen molar-refractivity contribution in [1.82, 2.24) is 14.6 Å². The molecule has 1 saturated heterocycles. The molecule has 1 N–H and O–H groups in total. The lowest BCUT2D eigenvalue weighted by molar-refractivity contribution is 0.272. The molecule has 0 amide bonds. The first-order chi connectivity index (χ1) is 15.0. The topological polar surface area (TPSA) is 62.3 Å². The Morgan fingerprint density at radius 1 is 1.00 bits per heavy atom. The summed E-state index contributed by atoms with van der Waals surface area (Å²) in [5.74, 6) is 0. The summed E-state index contributed by atoms with van der Waals surface area (Å²) in [5, 5.41) is 0. The summed E-state index contributed by atoms with van der Waals surface area (Å²) in [6.45, 7) is 4.81. The highest BCUT2D eigenvalue weighted by Gasteiger charge is 2.19. The molecule has 0 bridgehead atoms. The van der Waals surface area contributed by atoms with Crippen LogP contribution in [0.15, 0.2) is 77.8 Å². The van der Waals surface area contributed by atoms with Gasteiger partial charge in [-0.05, 0) is 73.7 Å². The van der Waals surface area contributed by atoms with Gasteiger partial charge in [-0.15, -0.1) is 0 Å². The van der Waals surface area contributed by atoms with E-state index >= 15 is 0 Å². The van der Waals surface area contributed by atoms with Crippen LogP contribution in [0.2, 0.25) is 0 Å². The number of rotatable bonds is 8. The van der Waals surface area contributed by atoms with Gasteiger partial charge in [-0.25, -0.2) is 13.1 Å². The average molecular weight is 436 g/mol. The molecule has 0 radical (unpaired) electrons. The summed E-state index contributed by atoms with van der Waals surface area (Å²) in [6, 6.07) is 21.7. The Kier molecular flexibility index (Phi) is 6.80. The Hall–Kier alpha value is -2.54. The van der Waals surface area contributed by atoms with Crippen LogP contribution in [0.1, 0.15) is 31.0 Å². The Morgan fingerprint density at radius 2 is 1.71 bits per heavy atom. The molecule has 1 aliphatic heterocycles. The fourth-order valence-electron chi connectivity index (χ4n) is 4.04. The van der Waals surface area contributed by atoms with E-state index in [0.29, 0.717) is 11.7 Å². The predicted octanol–water partition coefficient (Wildman–Crippen LogP) is 4.25. The highest BCUT2D eigenvalue weighted by atomic mass is 32.2. The Balaban J connectivity index is 1.37. The van der Waals surface area contributed by atoms with Gasteiger partial charge in [0, 0.05) is 18.8 Å². The van der Waals surface area contributed by atoms with Crippen LogP contribution in [0.5, 0.6) is 0 Å². The van der Waals surface area contributed by atoms with E-state index in [1.165, 1.54) is 24.9 Å². The molecule has 5 nitrogen and oxygen atoms in total. The Bertz CT molecular complexity index is 1080. The molecule has 4 rings (SSSR count). The zero-order valence-electron chi connectivity index (χ0n) is 17.9. The molecular weight excluding hydrogens is 406 g/mol. The van der Waals surface area contributed by atoms with Crippen LogP contribution in [0.4, 0.5) is 0 Å². The van der Waals surface area contributed by atoms with Crippen LogP contribution >= 0.6 is 0 Å². The molecule has 3 aromatic rings. The van der Waals surface area contributed by atoms with Gasteiger partial charge in [0.05, 0.1) is 17.1 Å². The van der Waals surface area contributed by atoms with Crippen molar-refractivity contribution in [3.8, 4) is 11.1 Å². The summed E-state index contributed by atoms with van der Waals surface area (Å²) in [7, 11) is -3.58. The summed E-state index contributed by atoms with van der Waals surface area (Å²) in [4.78, 5) is 6.96. The van der Waals surface area contributed by atoms with Gasteiger partial charge in [0.1, 0.15) is 0 Å². The molecular formula is C25H29N3O2S. The summed E-state index contributed by atoms with van der Waals surface area (Å²) in [5.41, 5.74) is 4.11. The second kappa shape index (κ2) is 9.73. The second-order valence-electron chi connectivity index (χ2n) is 8.14. The minimum Gasteiger partial charge on any atom is -0.300 e. The zero-order chi connectivity index (χ0) is 21.7. The molecule has 1 aliphatic rings. The average Bonchev–Trinajstić information content (AvgIpc) is 3.22. The molecule has 162 valence electrons. The van der Waals surface area contributed by atoms with Crippen molar-refractivity contribution in [3.05, 3.63) is 84.2 Å². The quantitative estimate of drug-likeness (QED) is 0.574. The maximum atomic E-state index is 12.6. The van der Waals surface area contributed by atoms with E-state index in [4.69, 9.17) is 0 Å². The van der Waals surface area contributed by atoms with Crippen molar-refractivity contribution < 1.29 is 8.42 Å². The van der Waals surface area contributed by atoms with Gasteiger partial charge in [-0.2, -0.15) is 0 Å². The number of hydrogen-bond acceptors (Lipinski definition) is 4. The van der Waals surface area contributed by atoms with Crippen molar-refractivity contribution in [2.45, 2.75) is 43.7 Å². The first-order valence-corrected chi connectivity index (χ1v) is 12.3. The van der Waals surface area contributed by atoms with Gasteiger partial charge in [-0.3, -0.25) is 4.98 Å². The van der Waals surface area contributed by atoms with E-state index in [-0.39, 0.29) is 11.4 Å². The van der Waals surface area contributed by atoms with Crippen LogP contribution in [-0.2, 0) is 23.0 Å². The highest BCUT2D eigenvalue weighted by molar-refractivity contribution is 7.89. The molecule has 31 heavy (non-hydrogen) atoms. The maximum absolute atomic E-state index is 12.6. The van der Waals surface area contributed by atoms with Gasteiger partial charge in [0.25, 0.3) is 0 Å². The normalized spacial score (nSPS) is 17.1. The van der Waals surface area contributed by atoms with Gasteiger partial charge in [0.2, 0.25) is 10.0 Å². The summed E-state index contributed by atoms with van der Waals surface area (Å²) in [6.07, 6.45) is 5.33. The molecule has 1 fully saturated rings. The number of nitrogens with one attached hydrogen (secondary N) is 1. The Morgan fingerprint density at radius 3 is 2.32 bits per heavy atom.